The number of anilines is 1. The normalized spacial score (nSPS) is 8.11. The number of hydrogen-bond acceptors (Lipinski definition) is 4. The molecule has 0 atom stereocenters. The van der Waals surface area contributed by atoms with Crippen LogP contribution in [0.15, 0.2) is 22.8 Å². The minimum atomic E-state index is 0. The van der Waals surface area contributed by atoms with Gasteiger partial charge in [0.2, 0.25) is 5.88 Å². The standard InChI is InChI=1S/C5H7NO2.H3N/c1-7-6-5-3-2-4-8-5;/h2-4,6H,1H3;1H3. The Kier molecular flexibility index (Phi) is 3.50. The molecular formula is C5H10N2O2. The summed E-state index contributed by atoms with van der Waals surface area (Å²) in [5, 5.41) is 0. The van der Waals surface area contributed by atoms with Crippen LogP contribution in [0.25, 0.3) is 0 Å². The molecule has 0 aliphatic carbocycles. The molecule has 52 valence electrons. The average Bonchev–Trinajstić information content (AvgIpc) is 2.19. The van der Waals surface area contributed by atoms with Crippen LogP contribution in [0, 0.1) is 0 Å². The third kappa shape index (κ3) is 2.16. The minimum Gasteiger partial charge on any atom is -0.447 e. The van der Waals surface area contributed by atoms with Crippen LogP contribution >= 0.6 is 0 Å². The van der Waals surface area contributed by atoms with Crippen molar-refractivity contribution in [3.63, 3.8) is 0 Å². The molecule has 4 nitrogen and oxygen atoms in total. The van der Waals surface area contributed by atoms with Crippen LogP contribution in [0.2, 0.25) is 0 Å². The van der Waals surface area contributed by atoms with E-state index in [-0.39, 0.29) is 6.15 Å². The number of furan rings is 1. The van der Waals surface area contributed by atoms with E-state index in [4.69, 9.17) is 4.42 Å². The predicted octanol–water partition coefficient (Wildman–Crippen LogP) is 1.41. The van der Waals surface area contributed by atoms with Crippen molar-refractivity contribution in [3.8, 4) is 0 Å². The fourth-order valence-corrected chi connectivity index (χ4v) is 0.437. The molecular weight excluding hydrogens is 120 g/mol. The summed E-state index contributed by atoms with van der Waals surface area (Å²) >= 11 is 0. The van der Waals surface area contributed by atoms with Crippen molar-refractivity contribution >= 4 is 5.88 Å². The van der Waals surface area contributed by atoms with Crippen LogP contribution < -0.4 is 11.6 Å². The Hall–Kier alpha value is -1.00. The lowest BCUT2D eigenvalue weighted by molar-refractivity contribution is 0.258. The molecule has 4 N–H and O–H groups in total. The lowest BCUT2D eigenvalue weighted by atomic mass is 10.6. The SMILES string of the molecule is CONc1ccco1.N. The van der Waals surface area contributed by atoms with Gasteiger partial charge in [-0.1, -0.05) is 0 Å². The topological polar surface area (TPSA) is 69.4 Å². The van der Waals surface area contributed by atoms with E-state index in [0.29, 0.717) is 5.88 Å². The van der Waals surface area contributed by atoms with Gasteiger partial charge < -0.3 is 10.6 Å². The molecule has 1 aromatic rings. The molecule has 0 saturated heterocycles. The van der Waals surface area contributed by atoms with E-state index in [0.717, 1.165) is 0 Å². The Labute approximate surface area is 53.3 Å². The largest absolute Gasteiger partial charge is 0.447 e. The van der Waals surface area contributed by atoms with Gasteiger partial charge in [0.1, 0.15) is 0 Å². The quantitative estimate of drug-likeness (QED) is 0.594. The monoisotopic (exact) mass is 130 g/mol. The van der Waals surface area contributed by atoms with Gasteiger partial charge in [0, 0.05) is 6.07 Å². The smallest absolute Gasteiger partial charge is 0.216 e. The summed E-state index contributed by atoms with van der Waals surface area (Å²) in [4.78, 5) is 4.54. The van der Waals surface area contributed by atoms with E-state index in [2.05, 4.69) is 10.3 Å². The molecule has 4 heteroatoms. The van der Waals surface area contributed by atoms with Gasteiger partial charge in [-0.3, -0.25) is 4.84 Å². The summed E-state index contributed by atoms with van der Waals surface area (Å²) < 4.78 is 4.84. The molecule has 1 rings (SSSR count). The molecule has 0 spiro atoms. The maximum atomic E-state index is 4.84. The summed E-state index contributed by atoms with van der Waals surface area (Å²) in [5.74, 6) is 0.618. The highest BCUT2D eigenvalue weighted by atomic mass is 16.6. The molecule has 0 fully saturated rings. The Morgan fingerprint density at radius 1 is 1.67 bits per heavy atom. The van der Waals surface area contributed by atoms with E-state index in [1.165, 1.54) is 7.11 Å². The van der Waals surface area contributed by atoms with Gasteiger partial charge in [0.15, 0.2) is 0 Å². The third-order valence-electron chi connectivity index (χ3n) is 0.724. The summed E-state index contributed by atoms with van der Waals surface area (Å²) in [6, 6.07) is 3.55. The second-order valence-corrected chi connectivity index (χ2v) is 1.28. The molecule has 0 saturated carbocycles. The Morgan fingerprint density at radius 2 is 2.44 bits per heavy atom. The van der Waals surface area contributed by atoms with Crippen LogP contribution in [-0.4, -0.2) is 7.11 Å². The highest BCUT2D eigenvalue weighted by molar-refractivity contribution is 5.25. The van der Waals surface area contributed by atoms with Crippen molar-refractivity contribution < 1.29 is 9.25 Å². The zero-order valence-electron chi connectivity index (χ0n) is 5.26. The predicted molar refractivity (Wildman–Crippen MR) is 34.4 cm³/mol. The second-order valence-electron chi connectivity index (χ2n) is 1.28. The van der Waals surface area contributed by atoms with Gasteiger partial charge >= 0.3 is 0 Å². The summed E-state index contributed by atoms with van der Waals surface area (Å²) in [6.07, 6.45) is 1.57. The summed E-state index contributed by atoms with van der Waals surface area (Å²) in [6.45, 7) is 0. The first kappa shape index (κ1) is 8.00. The van der Waals surface area contributed by atoms with Gasteiger partial charge in [-0.25, -0.2) is 5.48 Å². The maximum absolute atomic E-state index is 4.84. The second kappa shape index (κ2) is 3.94. The van der Waals surface area contributed by atoms with E-state index >= 15 is 0 Å². The fourth-order valence-electron chi connectivity index (χ4n) is 0.437. The molecule has 0 aromatic carbocycles. The third-order valence-corrected chi connectivity index (χ3v) is 0.724. The van der Waals surface area contributed by atoms with Crippen LogP contribution in [0.5, 0.6) is 0 Å². The first-order valence-electron chi connectivity index (χ1n) is 2.26. The number of nitrogens with one attached hydrogen (secondary N) is 1. The van der Waals surface area contributed by atoms with Gasteiger partial charge in [-0.05, 0) is 6.07 Å². The fraction of sp³-hybridized carbons (Fsp3) is 0.200. The van der Waals surface area contributed by atoms with Crippen molar-refractivity contribution in [1.82, 2.24) is 6.15 Å². The molecule has 0 bridgehead atoms. The molecule has 1 heterocycles. The molecule has 0 radical (unpaired) electrons. The lowest BCUT2D eigenvalue weighted by Gasteiger charge is -1.93. The van der Waals surface area contributed by atoms with Crippen molar-refractivity contribution in [3.05, 3.63) is 18.4 Å². The lowest BCUT2D eigenvalue weighted by Crippen LogP contribution is -1.91. The Balaban J connectivity index is 0.000000640. The Morgan fingerprint density at radius 3 is 2.89 bits per heavy atom. The van der Waals surface area contributed by atoms with Crippen molar-refractivity contribution in [2.75, 3.05) is 12.6 Å². The Bertz CT molecular complexity index is 139. The van der Waals surface area contributed by atoms with Gasteiger partial charge in [0.25, 0.3) is 0 Å². The van der Waals surface area contributed by atoms with Crippen molar-refractivity contribution in [1.29, 1.82) is 0 Å². The number of rotatable bonds is 2. The molecule has 9 heavy (non-hydrogen) atoms. The van der Waals surface area contributed by atoms with Gasteiger partial charge in [0.05, 0.1) is 13.4 Å². The molecule has 0 amide bonds. The maximum Gasteiger partial charge on any atom is 0.216 e. The zero-order valence-corrected chi connectivity index (χ0v) is 5.26. The first-order chi connectivity index (χ1) is 3.93. The van der Waals surface area contributed by atoms with Crippen LogP contribution in [-0.2, 0) is 4.84 Å². The van der Waals surface area contributed by atoms with E-state index in [9.17, 15) is 0 Å². The zero-order chi connectivity index (χ0) is 5.82. The van der Waals surface area contributed by atoms with Gasteiger partial charge in [-0.15, -0.1) is 0 Å². The summed E-state index contributed by atoms with van der Waals surface area (Å²) in [7, 11) is 1.53. The van der Waals surface area contributed by atoms with Crippen LogP contribution in [0.4, 0.5) is 5.88 Å². The molecule has 0 unspecified atom stereocenters. The van der Waals surface area contributed by atoms with Crippen LogP contribution in [0.3, 0.4) is 0 Å². The van der Waals surface area contributed by atoms with Crippen LogP contribution in [0.1, 0.15) is 0 Å². The first-order valence-corrected chi connectivity index (χ1v) is 2.26. The molecule has 1 aromatic heterocycles. The average molecular weight is 130 g/mol. The molecule has 0 aliphatic rings. The van der Waals surface area contributed by atoms with E-state index in [1.807, 2.05) is 0 Å². The van der Waals surface area contributed by atoms with E-state index < -0.39 is 0 Å². The van der Waals surface area contributed by atoms with Crippen molar-refractivity contribution in [2.45, 2.75) is 0 Å². The minimum absolute atomic E-state index is 0. The van der Waals surface area contributed by atoms with Gasteiger partial charge in [-0.2, -0.15) is 0 Å². The highest BCUT2D eigenvalue weighted by Gasteiger charge is 1.86. The highest BCUT2D eigenvalue weighted by Crippen LogP contribution is 2.04. The summed E-state index contributed by atoms with van der Waals surface area (Å²) in [5.41, 5.74) is 2.52. The van der Waals surface area contributed by atoms with Crippen molar-refractivity contribution in [2.24, 2.45) is 0 Å². The molecule has 0 aliphatic heterocycles. The van der Waals surface area contributed by atoms with E-state index in [1.54, 1.807) is 18.4 Å². The number of hydrogen-bond donors (Lipinski definition) is 2.